The van der Waals surface area contributed by atoms with Crippen molar-refractivity contribution in [2.75, 3.05) is 18.7 Å². The smallest absolute Gasteiger partial charge is 0.415 e. The van der Waals surface area contributed by atoms with Crippen molar-refractivity contribution in [2.24, 2.45) is 23.0 Å². The molecule has 16 nitrogen and oxygen atoms in total. The molecule has 4 rings (SSSR count). The van der Waals surface area contributed by atoms with Gasteiger partial charge in [0.05, 0.1) is 11.1 Å². The second-order valence-corrected chi connectivity index (χ2v) is 13.5. The SMILES string of the molecule is CC(C)C(N)C(=O)O[C@H]1[C@@H](O)[C@](C#N)(c2ccc3c(NC(=O)OCOC(=O)C(C)(C)C)ncnn23)O[C@@H]1COC(=O)CC1CCCCC1. The molecule has 0 spiro atoms. The van der Waals surface area contributed by atoms with E-state index in [1.165, 1.54) is 16.6 Å². The van der Waals surface area contributed by atoms with E-state index in [9.17, 15) is 29.5 Å². The van der Waals surface area contributed by atoms with Crippen molar-refractivity contribution in [1.82, 2.24) is 14.6 Å². The van der Waals surface area contributed by atoms with Crippen molar-refractivity contribution in [3.8, 4) is 6.07 Å². The number of amides is 1. The van der Waals surface area contributed by atoms with E-state index < -0.39 is 72.8 Å². The van der Waals surface area contributed by atoms with E-state index in [2.05, 4.69) is 15.4 Å². The second kappa shape index (κ2) is 15.3. The second-order valence-electron chi connectivity index (χ2n) is 13.5. The highest BCUT2D eigenvalue weighted by atomic mass is 16.7. The summed E-state index contributed by atoms with van der Waals surface area (Å²) in [5, 5.41) is 28.7. The minimum absolute atomic E-state index is 0.00987. The van der Waals surface area contributed by atoms with Crippen LogP contribution < -0.4 is 11.1 Å². The number of ether oxygens (including phenoxy) is 5. The normalized spacial score (nSPS) is 23.7. The van der Waals surface area contributed by atoms with Crippen molar-refractivity contribution >= 4 is 35.3 Å². The topological polar surface area (TPSA) is 227 Å². The molecule has 2 aliphatic rings. The molecule has 4 N–H and O–H groups in total. The fourth-order valence-electron chi connectivity index (χ4n) is 5.58. The lowest BCUT2D eigenvalue weighted by Gasteiger charge is -2.25. The maximum atomic E-state index is 12.9. The molecule has 16 heteroatoms. The Bertz CT molecular complexity index is 1530. The number of hydrogen-bond acceptors (Lipinski definition) is 14. The lowest BCUT2D eigenvalue weighted by Crippen LogP contribution is -2.46. The van der Waals surface area contributed by atoms with Gasteiger partial charge in [-0.25, -0.2) is 14.3 Å². The van der Waals surface area contributed by atoms with Crippen LogP contribution in [0.4, 0.5) is 10.6 Å². The summed E-state index contributed by atoms with van der Waals surface area (Å²) < 4.78 is 28.4. The maximum absolute atomic E-state index is 12.9. The molecule has 0 aromatic carbocycles. The highest BCUT2D eigenvalue weighted by Gasteiger charge is 2.60. The molecule has 1 amide bonds. The average molecular weight is 673 g/mol. The minimum Gasteiger partial charge on any atom is -0.463 e. The van der Waals surface area contributed by atoms with Gasteiger partial charge in [0.25, 0.3) is 0 Å². The van der Waals surface area contributed by atoms with Gasteiger partial charge in [-0.3, -0.25) is 19.7 Å². The summed E-state index contributed by atoms with van der Waals surface area (Å²) in [5.74, 6) is -1.98. The van der Waals surface area contributed by atoms with Crippen LogP contribution in [0.1, 0.15) is 78.8 Å². The van der Waals surface area contributed by atoms with Crippen LogP contribution in [0, 0.1) is 28.6 Å². The van der Waals surface area contributed by atoms with Crippen LogP contribution in [0.15, 0.2) is 18.5 Å². The predicted octanol–water partition coefficient (Wildman–Crippen LogP) is 2.71. The first-order chi connectivity index (χ1) is 22.7. The monoisotopic (exact) mass is 672 g/mol. The number of nitrogens with one attached hydrogen (secondary N) is 1. The van der Waals surface area contributed by atoms with Crippen molar-refractivity contribution < 1.29 is 48.0 Å². The number of fused-ring (bicyclic) bond motifs is 1. The third kappa shape index (κ3) is 8.20. The number of carbonyl (C=O) groups excluding carboxylic acids is 4. The van der Waals surface area contributed by atoms with Gasteiger partial charge in [0, 0.05) is 6.42 Å². The van der Waals surface area contributed by atoms with Crippen LogP contribution in [0.25, 0.3) is 5.52 Å². The summed E-state index contributed by atoms with van der Waals surface area (Å²) in [6.45, 7) is 7.35. The summed E-state index contributed by atoms with van der Waals surface area (Å²) in [4.78, 5) is 54.1. The van der Waals surface area contributed by atoms with E-state index >= 15 is 0 Å². The zero-order chi connectivity index (χ0) is 35.2. The van der Waals surface area contributed by atoms with Crippen LogP contribution in [0.5, 0.6) is 0 Å². The first kappa shape index (κ1) is 36.5. The average Bonchev–Trinajstić information content (AvgIpc) is 3.59. The van der Waals surface area contributed by atoms with Crippen molar-refractivity contribution in [2.45, 2.75) is 103 Å². The Morgan fingerprint density at radius 2 is 1.88 bits per heavy atom. The van der Waals surface area contributed by atoms with Gasteiger partial charge in [0.2, 0.25) is 12.4 Å². The van der Waals surface area contributed by atoms with Crippen molar-refractivity contribution in [3.05, 3.63) is 24.2 Å². The predicted molar refractivity (Wildman–Crippen MR) is 167 cm³/mol. The Morgan fingerprint density at radius 1 is 1.17 bits per heavy atom. The number of aromatic nitrogens is 3. The summed E-state index contributed by atoms with van der Waals surface area (Å²) in [5.41, 5.74) is 3.23. The number of nitrogens with zero attached hydrogens (tertiary/aromatic N) is 4. The van der Waals surface area contributed by atoms with Crippen LogP contribution in [0.3, 0.4) is 0 Å². The van der Waals surface area contributed by atoms with Gasteiger partial charge in [0.1, 0.15) is 42.8 Å². The highest BCUT2D eigenvalue weighted by Crippen LogP contribution is 2.42. The molecule has 2 aromatic heterocycles. The molecule has 5 atom stereocenters. The first-order valence-electron chi connectivity index (χ1n) is 16.0. The Balaban J connectivity index is 1.56. The number of anilines is 1. The lowest BCUT2D eigenvalue weighted by molar-refractivity contribution is -0.163. The van der Waals surface area contributed by atoms with Gasteiger partial charge in [-0.2, -0.15) is 10.4 Å². The summed E-state index contributed by atoms with van der Waals surface area (Å²) in [6, 6.07) is 3.85. The molecule has 3 heterocycles. The molecule has 2 aromatic rings. The Hall–Kier alpha value is -4.33. The Labute approximate surface area is 278 Å². The van der Waals surface area contributed by atoms with E-state index in [0.717, 1.165) is 38.4 Å². The number of aliphatic hydroxyl groups is 1. The van der Waals surface area contributed by atoms with E-state index in [1.54, 1.807) is 34.6 Å². The van der Waals surface area contributed by atoms with Gasteiger partial charge >= 0.3 is 24.0 Å². The summed E-state index contributed by atoms with van der Waals surface area (Å²) in [6.07, 6.45) is 0.952. The number of nitrogens with two attached hydrogens (primary N) is 1. The first-order valence-corrected chi connectivity index (χ1v) is 16.0. The molecule has 0 bridgehead atoms. The molecule has 2 fully saturated rings. The van der Waals surface area contributed by atoms with E-state index in [0.29, 0.717) is 0 Å². The van der Waals surface area contributed by atoms with Crippen LogP contribution in [0.2, 0.25) is 0 Å². The zero-order valence-corrected chi connectivity index (χ0v) is 27.8. The summed E-state index contributed by atoms with van der Waals surface area (Å²) >= 11 is 0. The molecule has 1 unspecified atom stereocenters. The Morgan fingerprint density at radius 3 is 2.52 bits per heavy atom. The minimum atomic E-state index is -2.17. The largest absolute Gasteiger partial charge is 0.463 e. The molecule has 1 aliphatic carbocycles. The van der Waals surface area contributed by atoms with Crippen LogP contribution in [-0.2, 0) is 43.7 Å². The molecular formula is C32H44N6O10. The van der Waals surface area contributed by atoms with Crippen LogP contribution >= 0.6 is 0 Å². The molecule has 1 saturated carbocycles. The molecule has 0 radical (unpaired) electrons. The highest BCUT2D eigenvalue weighted by molar-refractivity contribution is 5.88. The molecule has 48 heavy (non-hydrogen) atoms. The third-order valence-electron chi connectivity index (χ3n) is 8.47. The molecule has 1 aliphatic heterocycles. The molecule has 1 saturated heterocycles. The van der Waals surface area contributed by atoms with Crippen molar-refractivity contribution in [3.63, 3.8) is 0 Å². The molecule has 262 valence electrons. The zero-order valence-electron chi connectivity index (χ0n) is 27.8. The fraction of sp³-hybridized carbons (Fsp3) is 0.656. The van der Waals surface area contributed by atoms with Gasteiger partial charge in [0.15, 0.2) is 11.9 Å². The number of rotatable bonds is 11. The maximum Gasteiger partial charge on any atom is 0.415 e. The lowest BCUT2D eigenvalue weighted by atomic mass is 9.87. The third-order valence-corrected chi connectivity index (χ3v) is 8.47. The van der Waals surface area contributed by atoms with E-state index in [-0.39, 0.29) is 35.3 Å². The number of carbonyl (C=O) groups is 4. The van der Waals surface area contributed by atoms with Gasteiger partial charge in [-0.05, 0) is 57.6 Å². The fourth-order valence-corrected chi connectivity index (χ4v) is 5.58. The summed E-state index contributed by atoms with van der Waals surface area (Å²) in [7, 11) is 0. The van der Waals surface area contributed by atoms with Gasteiger partial charge in [-0.15, -0.1) is 0 Å². The quantitative estimate of drug-likeness (QED) is 0.177. The number of nitriles is 1. The van der Waals surface area contributed by atoms with E-state index in [4.69, 9.17) is 29.4 Å². The number of aliphatic hydroxyl groups excluding tert-OH is 1. The van der Waals surface area contributed by atoms with Crippen LogP contribution in [-0.4, -0.2) is 81.5 Å². The number of hydrogen-bond donors (Lipinski definition) is 3. The van der Waals surface area contributed by atoms with E-state index in [1.807, 2.05) is 6.07 Å². The number of esters is 3. The Kier molecular flexibility index (Phi) is 11.6. The van der Waals surface area contributed by atoms with Crippen molar-refractivity contribution in [1.29, 1.82) is 5.26 Å². The molecular weight excluding hydrogens is 628 g/mol. The standard InChI is InChI=1S/C32H44N6O10/c1-18(2)24(34)28(41)47-25-21(14-44-23(39)13-19-9-7-6-8-10-19)48-32(15-33,26(25)40)22-12-11-20-27(35-16-36-38(20)22)37-30(43)46-17-45-29(42)31(3,4)5/h11-12,16,18-19,21,24-26,40H,6-10,13-14,17,34H2,1-5H3,(H,35,36,37,43)/t21-,24?,25-,26-,32+/m1/s1. The van der Waals surface area contributed by atoms with Gasteiger partial charge < -0.3 is 34.5 Å². The van der Waals surface area contributed by atoms with Gasteiger partial charge in [-0.1, -0.05) is 33.1 Å².